The molecule has 4 nitrogen and oxygen atoms in total. The van der Waals surface area contributed by atoms with Crippen LogP contribution in [0.2, 0.25) is 0 Å². The lowest BCUT2D eigenvalue weighted by Gasteiger charge is -2.34. The predicted octanol–water partition coefficient (Wildman–Crippen LogP) is 2.31. The van der Waals surface area contributed by atoms with Crippen molar-refractivity contribution in [1.82, 2.24) is 4.31 Å². The molecule has 20 heavy (non-hydrogen) atoms. The maximum Gasteiger partial charge on any atom is 0.243 e. The Hall–Kier alpha value is -0.620. The number of rotatable bonds is 4. The van der Waals surface area contributed by atoms with Gasteiger partial charge in [-0.1, -0.05) is 18.6 Å². The molecule has 0 amide bonds. The second kappa shape index (κ2) is 7.41. The van der Waals surface area contributed by atoms with E-state index in [1.807, 2.05) is 13.0 Å². The average Bonchev–Trinajstić information content (AvgIpc) is 2.39. The number of hydrogen-bond acceptors (Lipinski definition) is 3. The minimum absolute atomic E-state index is 0. The molecule has 0 aromatic heterocycles. The molecule has 0 saturated carbocycles. The zero-order chi connectivity index (χ0) is 13.9. The predicted molar refractivity (Wildman–Crippen MR) is 83.6 cm³/mol. The van der Waals surface area contributed by atoms with Crippen molar-refractivity contribution in [2.24, 2.45) is 5.73 Å². The molecule has 0 radical (unpaired) electrons. The summed E-state index contributed by atoms with van der Waals surface area (Å²) in [5.41, 5.74) is 6.57. The zero-order valence-electron chi connectivity index (χ0n) is 11.8. The molecule has 1 atom stereocenters. The zero-order valence-corrected chi connectivity index (χ0v) is 13.4. The van der Waals surface area contributed by atoms with Crippen LogP contribution < -0.4 is 5.73 Å². The van der Waals surface area contributed by atoms with Gasteiger partial charge in [0.1, 0.15) is 0 Å². The van der Waals surface area contributed by atoms with Crippen LogP contribution in [0.25, 0.3) is 0 Å². The molecular formula is C14H23ClN2O2S. The van der Waals surface area contributed by atoms with E-state index in [0.29, 0.717) is 18.0 Å². The number of nitrogens with two attached hydrogens (primary N) is 1. The van der Waals surface area contributed by atoms with E-state index in [4.69, 9.17) is 5.73 Å². The summed E-state index contributed by atoms with van der Waals surface area (Å²) in [6.07, 6.45) is 3.68. The largest absolute Gasteiger partial charge is 0.330 e. The Labute approximate surface area is 127 Å². The van der Waals surface area contributed by atoms with Gasteiger partial charge in [0.05, 0.1) is 4.90 Å². The summed E-state index contributed by atoms with van der Waals surface area (Å²) in [4.78, 5) is 0.399. The fourth-order valence-corrected chi connectivity index (χ4v) is 4.51. The highest BCUT2D eigenvalue weighted by Crippen LogP contribution is 2.27. The number of piperidine rings is 1. The molecule has 1 fully saturated rings. The Kier molecular flexibility index (Phi) is 6.45. The van der Waals surface area contributed by atoms with Crippen LogP contribution in [-0.2, 0) is 10.0 Å². The lowest BCUT2D eigenvalue weighted by atomic mass is 10.0. The van der Waals surface area contributed by atoms with E-state index >= 15 is 0 Å². The van der Waals surface area contributed by atoms with Gasteiger partial charge in [-0.05, 0) is 50.4 Å². The molecule has 1 aliphatic rings. The van der Waals surface area contributed by atoms with Crippen molar-refractivity contribution in [2.45, 2.75) is 43.5 Å². The highest BCUT2D eigenvalue weighted by molar-refractivity contribution is 7.89. The van der Waals surface area contributed by atoms with E-state index in [1.165, 1.54) is 0 Å². The molecule has 0 bridgehead atoms. The topological polar surface area (TPSA) is 63.4 Å². The fourth-order valence-electron chi connectivity index (χ4n) is 2.68. The first-order chi connectivity index (χ1) is 9.05. The number of nitrogens with zero attached hydrogens (tertiary/aromatic N) is 1. The summed E-state index contributed by atoms with van der Waals surface area (Å²) >= 11 is 0. The van der Waals surface area contributed by atoms with Crippen molar-refractivity contribution in [3.63, 3.8) is 0 Å². The molecule has 1 aromatic carbocycles. The molecule has 0 spiro atoms. The summed E-state index contributed by atoms with van der Waals surface area (Å²) in [6.45, 7) is 3.05. The van der Waals surface area contributed by atoms with Gasteiger partial charge in [0, 0.05) is 12.6 Å². The van der Waals surface area contributed by atoms with Crippen molar-refractivity contribution < 1.29 is 8.42 Å². The molecule has 1 unspecified atom stereocenters. The maximum atomic E-state index is 12.7. The number of halogens is 1. The Morgan fingerprint density at radius 1 is 1.35 bits per heavy atom. The number of hydrogen-bond donors (Lipinski definition) is 1. The minimum atomic E-state index is -3.38. The van der Waals surface area contributed by atoms with Gasteiger partial charge in [-0.3, -0.25) is 0 Å². The van der Waals surface area contributed by atoms with Crippen LogP contribution in [0.1, 0.15) is 31.2 Å². The molecule has 1 heterocycles. The first kappa shape index (κ1) is 17.4. The monoisotopic (exact) mass is 318 g/mol. The fraction of sp³-hybridized carbons (Fsp3) is 0.571. The van der Waals surface area contributed by atoms with Gasteiger partial charge in [-0.25, -0.2) is 8.42 Å². The van der Waals surface area contributed by atoms with Crippen LogP contribution in [0.3, 0.4) is 0 Å². The standard InChI is InChI=1S/C14H22N2O2S.ClH/c1-12-5-4-7-14(11-12)19(17,18)16-10-3-2-6-13(16)8-9-15;/h4-5,7,11,13H,2-3,6,8-10,15H2,1H3;1H. The van der Waals surface area contributed by atoms with E-state index in [1.54, 1.807) is 22.5 Å². The Balaban J connectivity index is 0.00000200. The molecule has 1 saturated heterocycles. The third-order valence-electron chi connectivity index (χ3n) is 3.67. The average molecular weight is 319 g/mol. The summed E-state index contributed by atoms with van der Waals surface area (Å²) < 4.78 is 27.1. The molecule has 114 valence electrons. The van der Waals surface area contributed by atoms with Gasteiger partial charge in [0.25, 0.3) is 0 Å². The Bertz CT molecular complexity index is 532. The van der Waals surface area contributed by atoms with Crippen LogP contribution in [0.15, 0.2) is 29.2 Å². The van der Waals surface area contributed by atoms with Gasteiger partial charge in [0.2, 0.25) is 10.0 Å². The molecule has 1 aliphatic heterocycles. The molecule has 2 rings (SSSR count). The minimum Gasteiger partial charge on any atom is -0.330 e. The molecular weight excluding hydrogens is 296 g/mol. The second-order valence-electron chi connectivity index (χ2n) is 5.16. The van der Waals surface area contributed by atoms with Crippen molar-refractivity contribution >= 4 is 22.4 Å². The van der Waals surface area contributed by atoms with Crippen LogP contribution >= 0.6 is 12.4 Å². The molecule has 1 aromatic rings. The van der Waals surface area contributed by atoms with Crippen molar-refractivity contribution in [3.05, 3.63) is 29.8 Å². The van der Waals surface area contributed by atoms with Gasteiger partial charge >= 0.3 is 0 Å². The van der Waals surface area contributed by atoms with Gasteiger partial charge in [0.15, 0.2) is 0 Å². The summed E-state index contributed by atoms with van der Waals surface area (Å²) in [5.74, 6) is 0. The van der Waals surface area contributed by atoms with Crippen LogP contribution in [0.4, 0.5) is 0 Å². The van der Waals surface area contributed by atoms with E-state index in [0.717, 1.165) is 31.2 Å². The second-order valence-corrected chi connectivity index (χ2v) is 7.05. The highest BCUT2D eigenvalue weighted by atomic mass is 35.5. The molecule has 6 heteroatoms. The first-order valence-electron chi connectivity index (χ1n) is 6.84. The van der Waals surface area contributed by atoms with Crippen molar-refractivity contribution in [1.29, 1.82) is 0 Å². The first-order valence-corrected chi connectivity index (χ1v) is 8.28. The quantitative estimate of drug-likeness (QED) is 0.926. The highest BCUT2D eigenvalue weighted by Gasteiger charge is 2.32. The lowest BCUT2D eigenvalue weighted by molar-refractivity contribution is 0.243. The number of sulfonamides is 1. The molecule has 2 N–H and O–H groups in total. The van der Waals surface area contributed by atoms with E-state index < -0.39 is 10.0 Å². The number of aryl methyl sites for hydroxylation is 1. The normalized spacial score (nSPS) is 20.4. The lowest BCUT2D eigenvalue weighted by Crippen LogP contribution is -2.44. The third-order valence-corrected chi connectivity index (χ3v) is 5.62. The van der Waals surface area contributed by atoms with E-state index in [9.17, 15) is 8.42 Å². The smallest absolute Gasteiger partial charge is 0.243 e. The third kappa shape index (κ3) is 3.73. The summed E-state index contributed by atoms with van der Waals surface area (Å²) in [5, 5.41) is 0. The van der Waals surface area contributed by atoms with E-state index in [2.05, 4.69) is 0 Å². The summed E-state index contributed by atoms with van der Waals surface area (Å²) in [7, 11) is -3.38. The molecule has 0 aliphatic carbocycles. The van der Waals surface area contributed by atoms with E-state index in [-0.39, 0.29) is 18.4 Å². The van der Waals surface area contributed by atoms with Gasteiger partial charge in [-0.15, -0.1) is 12.4 Å². The van der Waals surface area contributed by atoms with Gasteiger partial charge in [-0.2, -0.15) is 4.31 Å². The maximum absolute atomic E-state index is 12.7. The van der Waals surface area contributed by atoms with Crippen molar-refractivity contribution in [3.8, 4) is 0 Å². The Morgan fingerprint density at radius 3 is 2.75 bits per heavy atom. The van der Waals surface area contributed by atoms with Crippen molar-refractivity contribution in [2.75, 3.05) is 13.1 Å². The van der Waals surface area contributed by atoms with Crippen LogP contribution in [0, 0.1) is 6.92 Å². The van der Waals surface area contributed by atoms with Crippen LogP contribution in [0.5, 0.6) is 0 Å². The summed E-state index contributed by atoms with van der Waals surface area (Å²) in [6, 6.07) is 7.18. The SMILES string of the molecule is Cc1cccc(S(=O)(=O)N2CCCCC2CCN)c1.Cl. The Morgan fingerprint density at radius 2 is 2.10 bits per heavy atom. The number of benzene rings is 1. The van der Waals surface area contributed by atoms with Crippen LogP contribution in [-0.4, -0.2) is 31.9 Å². The van der Waals surface area contributed by atoms with Gasteiger partial charge < -0.3 is 5.73 Å².